The SMILES string of the molecule is COc1ccc(/C=C/C(=O)NCCc2cc(OC)c(OC)cc2[N+](=O)[O-])c(OC)c1. The number of nitro benzene ring substituents is 1. The Hall–Kier alpha value is -3.75. The van der Waals surface area contributed by atoms with Crippen LogP contribution < -0.4 is 24.3 Å². The average molecular weight is 416 g/mol. The molecule has 0 atom stereocenters. The Kier molecular flexibility index (Phi) is 8.04. The molecule has 0 bridgehead atoms. The molecule has 0 heterocycles. The van der Waals surface area contributed by atoms with Gasteiger partial charge in [0.05, 0.1) is 39.4 Å². The number of benzene rings is 2. The van der Waals surface area contributed by atoms with E-state index in [0.29, 0.717) is 28.4 Å². The van der Waals surface area contributed by atoms with Crippen molar-refractivity contribution < 1.29 is 28.7 Å². The Labute approximate surface area is 174 Å². The van der Waals surface area contributed by atoms with Crippen LogP contribution in [0.4, 0.5) is 5.69 Å². The first-order valence-electron chi connectivity index (χ1n) is 9.00. The Bertz CT molecular complexity index is 941. The zero-order valence-electron chi connectivity index (χ0n) is 17.3. The van der Waals surface area contributed by atoms with Crippen molar-refractivity contribution in [1.82, 2.24) is 5.32 Å². The number of carbonyl (C=O) groups excluding carboxylic acids is 1. The van der Waals surface area contributed by atoms with Crippen LogP contribution in [0.1, 0.15) is 11.1 Å². The number of hydrogen-bond acceptors (Lipinski definition) is 7. The van der Waals surface area contributed by atoms with Crippen LogP contribution in [-0.4, -0.2) is 45.8 Å². The van der Waals surface area contributed by atoms with E-state index in [0.717, 1.165) is 0 Å². The van der Waals surface area contributed by atoms with Crippen LogP contribution in [-0.2, 0) is 11.2 Å². The van der Waals surface area contributed by atoms with Crippen molar-refractivity contribution >= 4 is 17.7 Å². The maximum Gasteiger partial charge on any atom is 0.276 e. The van der Waals surface area contributed by atoms with Crippen molar-refractivity contribution in [3.05, 3.63) is 57.6 Å². The molecule has 1 amide bonds. The molecule has 30 heavy (non-hydrogen) atoms. The zero-order valence-corrected chi connectivity index (χ0v) is 17.3. The lowest BCUT2D eigenvalue weighted by Gasteiger charge is -2.11. The molecule has 2 aromatic rings. The molecule has 2 aromatic carbocycles. The molecule has 1 N–H and O–H groups in total. The van der Waals surface area contributed by atoms with Crippen molar-refractivity contribution in [2.75, 3.05) is 35.0 Å². The lowest BCUT2D eigenvalue weighted by atomic mass is 10.1. The van der Waals surface area contributed by atoms with Gasteiger partial charge in [-0.25, -0.2) is 0 Å². The number of nitrogens with zero attached hydrogens (tertiary/aromatic N) is 1. The number of nitrogens with one attached hydrogen (secondary N) is 1. The molecule has 0 spiro atoms. The number of amides is 1. The van der Waals surface area contributed by atoms with Crippen molar-refractivity contribution in [3.8, 4) is 23.0 Å². The highest BCUT2D eigenvalue weighted by atomic mass is 16.6. The smallest absolute Gasteiger partial charge is 0.276 e. The van der Waals surface area contributed by atoms with E-state index in [2.05, 4.69) is 5.32 Å². The van der Waals surface area contributed by atoms with E-state index < -0.39 is 4.92 Å². The van der Waals surface area contributed by atoms with E-state index in [1.54, 1.807) is 37.5 Å². The number of hydrogen-bond donors (Lipinski definition) is 1. The molecule has 0 saturated heterocycles. The molecule has 0 unspecified atom stereocenters. The molecule has 160 valence electrons. The molecule has 0 saturated carbocycles. The van der Waals surface area contributed by atoms with Crippen LogP contribution in [0.25, 0.3) is 6.08 Å². The lowest BCUT2D eigenvalue weighted by Crippen LogP contribution is -2.23. The second-order valence-electron chi connectivity index (χ2n) is 6.08. The summed E-state index contributed by atoms with van der Waals surface area (Å²) < 4.78 is 20.7. The minimum Gasteiger partial charge on any atom is -0.497 e. The summed E-state index contributed by atoms with van der Waals surface area (Å²) >= 11 is 0. The van der Waals surface area contributed by atoms with Crippen LogP contribution in [0.5, 0.6) is 23.0 Å². The minimum atomic E-state index is -0.491. The Morgan fingerprint density at radius 2 is 1.67 bits per heavy atom. The van der Waals surface area contributed by atoms with E-state index in [1.165, 1.54) is 33.5 Å². The first-order chi connectivity index (χ1) is 14.4. The quantitative estimate of drug-likeness (QED) is 0.360. The Balaban J connectivity index is 2.04. The van der Waals surface area contributed by atoms with Gasteiger partial charge in [0.25, 0.3) is 5.69 Å². The van der Waals surface area contributed by atoms with Gasteiger partial charge in [0.2, 0.25) is 5.91 Å². The summed E-state index contributed by atoms with van der Waals surface area (Å²) in [7, 11) is 5.95. The number of nitro groups is 1. The third-order valence-corrected chi connectivity index (χ3v) is 4.33. The van der Waals surface area contributed by atoms with Gasteiger partial charge in [0.15, 0.2) is 11.5 Å². The van der Waals surface area contributed by atoms with Crippen LogP contribution in [0.2, 0.25) is 0 Å². The highest BCUT2D eigenvalue weighted by Gasteiger charge is 2.19. The average Bonchev–Trinajstić information content (AvgIpc) is 2.76. The fraction of sp³-hybridized carbons (Fsp3) is 0.286. The maximum atomic E-state index is 12.1. The topological polar surface area (TPSA) is 109 Å². The third-order valence-electron chi connectivity index (χ3n) is 4.33. The molecule has 9 heteroatoms. The van der Waals surface area contributed by atoms with E-state index in [-0.39, 0.29) is 30.3 Å². The van der Waals surface area contributed by atoms with Crippen molar-refractivity contribution in [3.63, 3.8) is 0 Å². The monoisotopic (exact) mass is 416 g/mol. The predicted molar refractivity (Wildman–Crippen MR) is 111 cm³/mol. The van der Waals surface area contributed by atoms with Crippen molar-refractivity contribution in [2.45, 2.75) is 6.42 Å². The maximum absolute atomic E-state index is 12.1. The number of methoxy groups -OCH3 is 4. The van der Waals surface area contributed by atoms with Gasteiger partial charge in [0, 0.05) is 29.8 Å². The number of carbonyl (C=O) groups is 1. The van der Waals surface area contributed by atoms with Gasteiger partial charge in [-0.1, -0.05) is 0 Å². The number of rotatable bonds is 10. The van der Waals surface area contributed by atoms with Crippen LogP contribution >= 0.6 is 0 Å². The minimum absolute atomic E-state index is 0.0968. The summed E-state index contributed by atoms with van der Waals surface area (Å²) in [6.07, 6.45) is 3.24. The Morgan fingerprint density at radius 3 is 2.27 bits per heavy atom. The molecular weight excluding hydrogens is 392 g/mol. The predicted octanol–water partition coefficient (Wildman–Crippen LogP) is 3.00. The molecule has 9 nitrogen and oxygen atoms in total. The number of ether oxygens (including phenoxy) is 4. The summed E-state index contributed by atoms with van der Waals surface area (Å²) in [5.41, 5.74) is 1.04. The molecule has 0 aliphatic heterocycles. The van der Waals surface area contributed by atoms with Gasteiger partial charge in [-0.2, -0.15) is 0 Å². The van der Waals surface area contributed by atoms with Crippen molar-refractivity contribution in [2.24, 2.45) is 0 Å². The van der Waals surface area contributed by atoms with E-state index in [1.807, 2.05) is 0 Å². The standard InChI is InChI=1S/C21H24N2O7/c1-27-16-7-5-14(18(12-16)28-2)6-8-21(24)22-10-9-15-11-19(29-3)20(30-4)13-17(15)23(25)26/h5-8,11-13H,9-10H2,1-4H3,(H,22,24)/b8-6+. The van der Waals surface area contributed by atoms with E-state index in [9.17, 15) is 14.9 Å². The van der Waals surface area contributed by atoms with Gasteiger partial charge in [0.1, 0.15) is 11.5 Å². The first kappa shape index (κ1) is 22.5. The normalized spacial score (nSPS) is 10.5. The Morgan fingerprint density at radius 1 is 1.00 bits per heavy atom. The lowest BCUT2D eigenvalue weighted by molar-refractivity contribution is -0.385. The van der Waals surface area contributed by atoms with Crippen LogP contribution in [0.15, 0.2) is 36.4 Å². The molecule has 2 rings (SSSR count). The molecule has 0 fully saturated rings. The summed E-state index contributed by atoms with van der Waals surface area (Å²) in [4.78, 5) is 23.0. The van der Waals surface area contributed by atoms with Gasteiger partial charge in [-0.05, 0) is 30.7 Å². The summed E-state index contributed by atoms with van der Waals surface area (Å²) in [5.74, 6) is 1.53. The van der Waals surface area contributed by atoms with Gasteiger partial charge >= 0.3 is 0 Å². The highest BCUT2D eigenvalue weighted by molar-refractivity contribution is 5.92. The van der Waals surface area contributed by atoms with Crippen LogP contribution in [0.3, 0.4) is 0 Å². The highest BCUT2D eigenvalue weighted by Crippen LogP contribution is 2.34. The van der Waals surface area contributed by atoms with Gasteiger partial charge in [-0.3, -0.25) is 14.9 Å². The van der Waals surface area contributed by atoms with Gasteiger partial charge in [-0.15, -0.1) is 0 Å². The van der Waals surface area contributed by atoms with E-state index >= 15 is 0 Å². The molecule has 0 aromatic heterocycles. The fourth-order valence-corrected chi connectivity index (χ4v) is 2.78. The fourth-order valence-electron chi connectivity index (χ4n) is 2.78. The largest absolute Gasteiger partial charge is 0.497 e. The molecular formula is C21H24N2O7. The first-order valence-corrected chi connectivity index (χ1v) is 9.00. The zero-order chi connectivity index (χ0) is 22.1. The second kappa shape index (κ2) is 10.7. The molecule has 0 radical (unpaired) electrons. The van der Waals surface area contributed by atoms with Gasteiger partial charge < -0.3 is 24.3 Å². The second-order valence-corrected chi connectivity index (χ2v) is 6.08. The third kappa shape index (κ3) is 5.63. The van der Waals surface area contributed by atoms with E-state index in [4.69, 9.17) is 18.9 Å². The summed E-state index contributed by atoms with van der Waals surface area (Å²) in [6.45, 7) is 0.208. The van der Waals surface area contributed by atoms with Crippen LogP contribution in [0, 0.1) is 10.1 Å². The summed E-state index contributed by atoms with van der Waals surface area (Å²) in [5, 5.41) is 14.0. The van der Waals surface area contributed by atoms with Crippen molar-refractivity contribution in [1.29, 1.82) is 0 Å². The molecule has 0 aliphatic rings. The molecule has 0 aliphatic carbocycles. The summed E-state index contributed by atoms with van der Waals surface area (Å²) in [6, 6.07) is 8.10.